The van der Waals surface area contributed by atoms with Crippen molar-refractivity contribution >= 4 is 0 Å². The van der Waals surface area contributed by atoms with Gasteiger partial charge in [0.1, 0.15) is 18.1 Å². The maximum Gasteiger partial charge on any atom is 0.119 e. The topological polar surface area (TPSA) is 38.7 Å². The van der Waals surface area contributed by atoms with Gasteiger partial charge in [0.25, 0.3) is 0 Å². The fraction of sp³-hybridized carbons (Fsp3) is 0.333. The zero-order valence-electron chi connectivity index (χ0n) is 14.1. The van der Waals surface area contributed by atoms with Gasteiger partial charge in [-0.15, -0.1) is 12.3 Å². The van der Waals surface area contributed by atoms with E-state index in [0.717, 1.165) is 30.8 Å². The molecule has 3 heteroatoms. The van der Waals surface area contributed by atoms with Crippen LogP contribution < -0.4 is 9.47 Å². The molecule has 2 aromatic carbocycles. The first-order chi connectivity index (χ1) is 11.7. The largest absolute Gasteiger partial charge is 0.494 e. The summed E-state index contributed by atoms with van der Waals surface area (Å²) in [6.45, 7) is 2.66. The second-order valence-electron chi connectivity index (χ2n) is 5.78. The molecule has 0 aliphatic carbocycles. The number of unbranched alkanes of at least 4 members (excludes halogenated alkanes) is 1. The Bertz CT molecular complexity index is 636. The highest BCUT2D eigenvalue weighted by atomic mass is 16.5. The molecular formula is C21H24O3. The number of ether oxygens (including phenoxy) is 2. The van der Waals surface area contributed by atoms with Crippen LogP contribution in [-0.2, 0) is 6.42 Å². The van der Waals surface area contributed by atoms with Crippen LogP contribution in [0.5, 0.6) is 11.5 Å². The molecule has 0 spiro atoms. The molecule has 0 radical (unpaired) electrons. The summed E-state index contributed by atoms with van der Waals surface area (Å²) < 4.78 is 11.1. The molecule has 2 rings (SSSR count). The third-order valence-electron chi connectivity index (χ3n) is 3.48. The van der Waals surface area contributed by atoms with Crippen LogP contribution in [0.4, 0.5) is 0 Å². The Hall–Kier alpha value is -2.44. The average molecular weight is 324 g/mol. The minimum absolute atomic E-state index is 0.308. The van der Waals surface area contributed by atoms with Crippen molar-refractivity contribution in [3.8, 4) is 23.8 Å². The van der Waals surface area contributed by atoms with Crippen molar-refractivity contribution in [2.24, 2.45) is 0 Å². The molecule has 0 aromatic heterocycles. The van der Waals surface area contributed by atoms with Gasteiger partial charge in [0.2, 0.25) is 0 Å². The summed E-state index contributed by atoms with van der Waals surface area (Å²) in [5.41, 5.74) is 2.44. The number of aliphatic hydroxyl groups excluding tert-OH is 1. The number of hydrogen-bond donors (Lipinski definition) is 1. The summed E-state index contributed by atoms with van der Waals surface area (Å²) >= 11 is 0. The Balaban J connectivity index is 1.83. The predicted molar refractivity (Wildman–Crippen MR) is 96.4 cm³/mol. The lowest BCUT2D eigenvalue weighted by atomic mass is 10.0. The van der Waals surface area contributed by atoms with Crippen LogP contribution in [0.1, 0.15) is 30.9 Å². The molecule has 3 nitrogen and oxygen atoms in total. The molecule has 0 saturated carbocycles. The molecule has 1 N–H and O–H groups in total. The SMILES string of the molecule is C#CCCCOc1ccc(Cc2ccc(OCC(C)O)cc2)cc1. The molecule has 0 aliphatic rings. The van der Waals surface area contributed by atoms with Crippen molar-refractivity contribution in [1.82, 2.24) is 0 Å². The van der Waals surface area contributed by atoms with Gasteiger partial charge in [-0.3, -0.25) is 0 Å². The molecule has 1 atom stereocenters. The Morgan fingerprint density at radius 1 is 0.958 bits per heavy atom. The van der Waals surface area contributed by atoms with Gasteiger partial charge >= 0.3 is 0 Å². The number of hydrogen-bond acceptors (Lipinski definition) is 3. The van der Waals surface area contributed by atoms with Crippen LogP contribution in [0.3, 0.4) is 0 Å². The van der Waals surface area contributed by atoms with Gasteiger partial charge in [0.15, 0.2) is 0 Å². The lowest BCUT2D eigenvalue weighted by molar-refractivity contribution is 0.122. The van der Waals surface area contributed by atoms with Crippen LogP contribution in [-0.4, -0.2) is 24.4 Å². The standard InChI is InChI=1S/C21H24O3/c1-3-4-5-14-23-20-10-6-18(7-11-20)15-19-8-12-21(13-9-19)24-16-17(2)22/h1,6-13,17,22H,4-5,14-16H2,2H3. The van der Waals surface area contributed by atoms with Gasteiger partial charge in [-0.25, -0.2) is 0 Å². The molecule has 0 heterocycles. The van der Waals surface area contributed by atoms with Crippen molar-refractivity contribution in [3.05, 3.63) is 59.7 Å². The monoisotopic (exact) mass is 324 g/mol. The normalized spacial score (nSPS) is 11.5. The summed E-state index contributed by atoms with van der Waals surface area (Å²) in [7, 11) is 0. The van der Waals surface area contributed by atoms with E-state index in [-0.39, 0.29) is 0 Å². The zero-order valence-corrected chi connectivity index (χ0v) is 14.1. The lowest BCUT2D eigenvalue weighted by Crippen LogP contribution is -2.12. The van der Waals surface area contributed by atoms with Crippen LogP contribution in [0.15, 0.2) is 48.5 Å². The Labute approximate surface area is 144 Å². The van der Waals surface area contributed by atoms with Crippen molar-refractivity contribution in [1.29, 1.82) is 0 Å². The van der Waals surface area contributed by atoms with Crippen LogP contribution in [0.25, 0.3) is 0 Å². The summed E-state index contributed by atoms with van der Waals surface area (Å²) in [5, 5.41) is 9.22. The first-order valence-corrected chi connectivity index (χ1v) is 8.22. The van der Waals surface area contributed by atoms with E-state index in [4.69, 9.17) is 15.9 Å². The first kappa shape index (κ1) is 17.9. The summed E-state index contributed by atoms with van der Waals surface area (Å²) in [4.78, 5) is 0. The van der Waals surface area contributed by atoms with Gasteiger partial charge in [-0.1, -0.05) is 24.3 Å². The van der Waals surface area contributed by atoms with E-state index >= 15 is 0 Å². The molecule has 24 heavy (non-hydrogen) atoms. The lowest BCUT2D eigenvalue weighted by Gasteiger charge is -2.09. The fourth-order valence-electron chi connectivity index (χ4n) is 2.22. The molecule has 0 saturated heterocycles. The Morgan fingerprint density at radius 2 is 1.50 bits per heavy atom. The summed E-state index contributed by atoms with van der Waals surface area (Å²) in [6.07, 6.45) is 7.23. The van der Waals surface area contributed by atoms with Crippen molar-refractivity contribution in [3.63, 3.8) is 0 Å². The maximum absolute atomic E-state index is 9.22. The number of benzene rings is 2. The van der Waals surface area contributed by atoms with Crippen LogP contribution in [0, 0.1) is 12.3 Å². The highest BCUT2D eigenvalue weighted by Crippen LogP contribution is 2.18. The van der Waals surface area contributed by atoms with Crippen molar-refractivity contribution < 1.29 is 14.6 Å². The molecule has 0 amide bonds. The molecule has 126 valence electrons. The average Bonchev–Trinajstić information content (AvgIpc) is 2.59. The van der Waals surface area contributed by atoms with Gasteiger partial charge in [-0.2, -0.15) is 0 Å². The summed E-state index contributed by atoms with van der Waals surface area (Å²) in [6, 6.07) is 16.1. The van der Waals surface area contributed by atoms with Crippen molar-refractivity contribution in [2.75, 3.05) is 13.2 Å². The maximum atomic E-state index is 9.22. The van der Waals surface area contributed by atoms with E-state index < -0.39 is 6.10 Å². The van der Waals surface area contributed by atoms with Crippen LogP contribution >= 0.6 is 0 Å². The molecule has 0 bridgehead atoms. The third kappa shape index (κ3) is 6.36. The second-order valence-corrected chi connectivity index (χ2v) is 5.78. The summed E-state index contributed by atoms with van der Waals surface area (Å²) in [5.74, 6) is 4.25. The highest BCUT2D eigenvalue weighted by molar-refractivity contribution is 5.34. The molecule has 1 unspecified atom stereocenters. The second kappa shape index (κ2) is 9.64. The molecule has 2 aromatic rings. The van der Waals surface area contributed by atoms with Gasteiger partial charge in [-0.05, 0) is 55.2 Å². The molecular weight excluding hydrogens is 300 g/mol. The quantitative estimate of drug-likeness (QED) is 0.563. The van der Waals surface area contributed by atoms with E-state index in [1.54, 1.807) is 6.92 Å². The Morgan fingerprint density at radius 3 is 2.00 bits per heavy atom. The van der Waals surface area contributed by atoms with Crippen molar-refractivity contribution in [2.45, 2.75) is 32.3 Å². The van der Waals surface area contributed by atoms with E-state index in [0.29, 0.717) is 13.2 Å². The Kier molecular flexibility index (Phi) is 7.20. The van der Waals surface area contributed by atoms with Gasteiger partial charge < -0.3 is 14.6 Å². The van der Waals surface area contributed by atoms with Gasteiger partial charge in [0, 0.05) is 6.42 Å². The van der Waals surface area contributed by atoms with Crippen LogP contribution in [0.2, 0.25) is 0 Å². The first-order valence-electron chi connectivity index (χ1n) is 8.22. The number of terminal acetylenes is 1. The predicted octanol–water partition coefficient (Wildman–Crippen LogP) is 3.83. The minimum atomic E-state index is -0.461. The molecule has 0 fully saturated rings. The highest BCUT2D eigenvalue weighted by Gasteiger charge is 2.01. The van der Waals surface area contributed by atoms with E-state index in [2.05, 4.69) is 18.1 Å². The van der Waals surface area contributed by atoms with Gasteiger partial charge in [0.05, 0.1) is 12.7 Å². The van der Waals surface area contributed by atoms with E-state index in [1.165, 1.54) is 11.1 Å². The zero-order chi connectivity index (χ0) is 17.2. The van der Waals surface area contributed by atoms with E-state index in [9.17, 15) is 5.11 Å². The number of rotatable bonds is 9. The minimum Gasteiger partial charge on any atom is -0.494 e. The van der Waals surface area contributed by atoms with E-state index in [1.807, 2.05) is 36.4 Å². The number of aliphatic hydroxyl groups is 1. The fourth-order valence-corrected chi connectivity index (χ4v) is 2.22. The smallest absolute Gasteiger partial charge is 0.119 e. The molecule has 0 aliphatic heterocycles. The third-order valence-corrected chi connectivity index (χ3v) is 3.48.